The summed E-state index contributed by atoms with van der Waals surface area (Å²) in [5.41, 5.74) is 0. The highest BCUT2D eigenvalue weighted by Crippen LogP contribution is 2.34. The van der Waals surface area contributed by atoms with Gasteiger partial charge >= 0.3 is 0 Å². The van der Waals surface area contributed by atoms with Crippen LogP contribution in [0, 0.1) is 0 Å². The van der Waals surface area contributed by atoms with E-state index in [9.17, 15) is 0 Å². The predicted molar refractivity (Wildman–Crippen MR) is 78.5 cm³/mol. The van der Waals surface area contributed by atoms with Crippen molar-refractivity contribution in [1.29, 1.82) is 0 Å². The fraction of sp³-hybridized carbons (Fsp3) is 0.800. The maximum Gasteiger partial charge on any atom is 0.203 e. The summed E-state index contributed by atoms with van der Waals surface area (Å²) >= 11 is 0. The third kappa shape index (κ3) is 2.78. The molecule has 2 unspecified atom stereocenters. The molecule has 1 aromatic rings. The number of fused-ring (bicyclic) bond motifs is 1. The molecule has 106 valence electrons. The zero-order chi connectivity index (χ0) is 13.1. The van der Waals surface area contributed by atoms with Gasteiger partial charge in [0.2, 0.25) is 5.95 Å². The molecule has 2 atom stereocenters. The Kier molecular flexibility index (Phi) is 4.06. The van der Waals surface area contributed by atoms with Crippen LogP contribution in [0.25, 0.3) is 0 Å². The first-order chi connectivity index (χ1) is 9.38. The van der Waals surface area contributed by atoms with Crippen molar-refractivity contribution in [3.8, 4) is 0 Å². The zero-order valence-electron chi connectivity index (χ0n) is 12.0. The molecule has 0 amide bonds. The Labute approximate surface area is 116 Å². The number of aromatic nitrogens is 2. The van der Waals surface area contributed by atoms with Crippen LogP contribution >= 0.6 is 0 Å². The van der Waals surface area contributed by atoms with Crippen molar-refractivity contribution < 1.29 is 0 Å². The van der Waals surface area contributed by atoms with E-state index in [1.54, 1.807) is 0 Å². The van der Waals surface area contributed by atoms with Gasteiger partial charge in [-0.3, -0.25) is 0 Å². The third-order valence-corrected chi connectivity index (χ3v) is 4.67. The maximum atomic E-state index is 4.49. The van der Waals surface area contributed by atoms with Gasteiger partial charge in [0.25, 0.3) is 0 Å². The first-order valence-electron chi connectivity index (χ1n) is 7.89. The van der Waals surface area contributed by atoms with E-state index in [0.717, 1.165) is 18.5 Å². The van der Waals surface area contributed by atoms with Crippen LogP contribution in [0.2, 0.25) is 0 Å². The molecule has 0 spiro atoms. The molecule has 2 fully saturated rings. The summed E-state index contributed by atoms with van der Waals surface area (Å²) in [5.74, 6) is 1.07. The van der Waals surface area contributed by atoms with Crippen LogP contribution in [0.3, 0.4) is 0 Å². The molecule has 4 nitrogen and oxygen atoms in total. The molecular formula is C15H26N4. The number of hydrogen-bond donors (Lipinski definition) is 1. The van der Waals surface area contributed by atoms with Gasteiger partial charge in [0.1, 0.15) is 0 Å². The summed E-state index contributed by atoms with van der Waals surface area (Å²) in [5, 5.41) is 3.49. The van der Waals surface area contributed by atoms with Gasteiger partial charge in [0.15, 0.2) is 0 Å². The monoisotopic (exact) mass is 262 g/mol. The Bertz CT molecular complexity index is 401. The summed E-state index contributed by atoms with van der Waals surface area (Å²) in [7, 11) is 0. The molecule has 1 N–H and O–H groups in total. The van der Waals surface area contributed by atoms with Crippen LogP contribution in [0.5, 0.6) is 0 Å². The number of rotatable bonds is 5. The second-order valence-corrected chi connectivity index (χ2v) is 5.95. The highest BCUT2D eigenvalue weighted by atomic mass is 15.2. The molecule has 0 aromatic carbocycles. The number of anilines is 1. The van der Waals surface area contributed by atoms with Crippen LogP contribution in [-0.2, 0) is 0 Å². The van der Waals surface area contributed by atoms with Crippen molar-refractivity contribution in [3.05, 3.63) is 12.4 Å². The quantitative estimate of drug-likeness (QED) is 0.828. The normalized spacial score (nSPS) is 27.4. The van der Waals surface area contributed by atoms with Crippen LogP contribution in [0.1, 0.15) is 51.5 Å². The fourth-order valence-corrected chi connectivity index (χ4v) is 3.58. The Morgan fingerprint density at radius 1 is 1.32 bits per heavy atom. The molecular weight excluding hydrogens is 236 g/mol. The van der Waals surface area contributed by atoms with Crippen LogP contribution in [-0.4, -0.2) is 40.1 Å². The highest BCUT2D eigenvalue weighted by molar-refractivity contribution is 5.26. The molecule has 2 aliphatic heterocycles. The minimum atomic E-state index is 0.644. The molecule has 1 aromatic heterocycles. The maximum absolute atomic E-state index is 4.49. The van der Waals surface area contributed by atoms with E-state index >= 15 is 0 Å². The van der Waals surface area contributed by atoms with E-state index in [-0.39, 0.29) is 0 Å². The summed E-state index contributed by atoms with van der Waals surface area (Å²) < 4.78 is 2.38. The first kappa shape index (κ1) is 13.0. The largest absolute Gasteiger partial charge is 0.356 e. The third-order valence-electron chi connectivity index (χ3n) is 4.67. The molecule has 19 heavy (non-hydrogen) atoms. The first-order valence-corrected chi connectivity index (χ1v) is 7.89. The van der Waals surface area contributed by atoms with E-state index in [0.29, 0.717) is 6.04 Å². The molecule has 2 aliphatic rings. The van der Waals surface area contributed by atoms with E-state index < -0.39 is 0 Å². The molecule has 2 saturated heterocycles. The molecule has 0 bridgehead atoms. The van der Waals surface area contributed by atoms with Gasteiger partial charge in [0, 0.05) is 37.6 Å². The molecule has 3 rings (SSSR count). The van der Waals surface area contributed by atoms with Gasteiger partial charge in [-0.1, -0.05) is 13.3 Å². The summed E-state index contributed by atoms with van der Waals surface area (Å²) in [6.45, 7) is 5.85. The number of imidazole rings is 1. The van der Waals surface area contributed by atoms with Gasteiger partial charge in [0.05, 0.1) is 0 Å². The van der Waals surface area contributed by atoms with E-state index in [2.05, 4.69) is 32.9 Å². The van der Waals surface area contributed by atoms with Crippen LogP contribution < -0.4 is 5.32 Å². The van der Waals surface area contributed by atoms with Crippen molar-refractivity contribution in [1.82, 2.24) is 14.5 Å². The standard InChI is InChI=1S/C15H26N4/c1-2-3-7-16-15-17-8-11-19(15)14-6-10-18-9-4-5-13(18)12-14/h8,11,13-14H,2-7,9-10,12H2,1H3,(H,16,17). The van der Waals surface area contributed by atoms with Gasteiger partial charge in [-0.2, -0.15) is 0 Å². The lowest BCUT2D eigenvalue weighted by atomic mass is 9.97. The predicted octanol–water partition coefficient (Wildman–Crippen LogP) is 2.89. The molecule has 0 radical (unpaired) electrons. The van der Waals surface area contributed by atoms with Gasteiger partial charge in [-0.05, 0) is 38.6 Å². The van der Waals surface area contributed by atoms with Crippen molar-refractivity contribution in [3.63, 3.8) is 0 Å². The minimum absolute atomic E-state index is 0.644. The zero-order valence-corrected chi connectivity index (χ0v) is 12.0. The lowest BCUT2D eigenvalue weighted by molar-refractivity contribution is 0.156. The number of hydrogen-bond acceptors (Lipinski definition) is 3. The van der Waals surface area contributed by atoms with E-state index in [4.69, 9.17) is 0 Å². The molecule has 3 heterocycles. The number of unbranched alkanes of at least 4 members (excludes halogenated alkanes) is 1. The van der Waals surface area contributed by atoms with Crippen LogP contribution in [0.15, 0.2) is 12.4 Å². The number of nitrogens with one attached hydrogen (secondary N) is 1. The second kappa shape index (κ2) is 5.95. The van der Waals surface area contributed by atoms with Gasteiger partial charge in [-0.25, -0.2) is 4.98 Å². The summed E-state index contributed by atoms with van der Waals surface area (Å²) in [6.07, 6.45) is 11.9. The number of piperidine rings is 1. The highest BCUT2D eigenvalue weighted by Gasteiger charge is 2.32. The Morgan fingerprint density at radius 3 is 3.16 bits per heavy atom. The molecule has 0 aliphatic carbocycles. The number of nitrogens with zero attached hydrogens (tertiary/aromatic N) is 3. The molecule has 0 saturated carbocycles. The van der Waals surface area contributed by atoms with Crippen molar-refractivity contribution >= 4 is 5.95 Å². The van der Waals surface area contributed by atoms with Gasteiger partial charge < -0.3 is 14.8 Å². The van der Waals surface area contributed by atoms with Crippen molar-refractivity contribution in [2.45, 2.75) is 57.5 Å². The molecule has 4 heteroatoms. The topological polar surface area (TPSA) is 33.1 Å². The summed E-state index contributed by atoms with van der Waals surface area (Å²) in [6, 6.07) is 1.47. The lowest BCUT2D eigenvalue weighted by Crippen LogP contribution is -2.38. The summed E-state index contributed by atoms with van der Waals surface area (Å²) in [4.78, 5) is 7.17. The van der Waals surface area contributed by atoms with Crippen LogP contribution in [0.4, 0.5) is 5.95 Å². The van der Waals surface area contributed by atoms with Crippen molar-refractivity contribution in [2.24, 2.45) is 0 Å². The lowest BCUT2D eigenvalue weighted by Gasteiger charge is -2.35. The Hall–Kier alpha value is -1.03. The average Bonchev–Trinajstić information content (AvgIpc) is 3.06. The Balaban J connectivity index is 1.63. The fourth-order valence-electron chi connectivity index (χ4n) is 3.58. The van der Waals surface area contributed by atoms with E-state index in [1.165, 1.54) is 51.6 Å². The van der Waals surface area contributed by atoms with E-state index in [1.807, 2.05) is 6.20 Å². The smallest absolute Gasteiger partial charge is 0.203 e. The van der Waals surface area contributed by atoms with Gasteiger partial charge in [-0.15, -0.1) is 0 Å². The Morgan fingerprint density at radius 2 is 2.26 bits per heavy atom. The SMILES string of the molecule is CCCCNc1nccn1C1CCN2CCCC2C1. The average molecular weight is 262 g/mol. The van der Waals surface area contributed by atoms with Crippen molar-refractivity contribution in [2.75, 3.05) is 25.0 Å². The second-order valence-electron chi connectivity index (χ2n) is 5.95. The minimum Gasteiger partial charge on any atom is -0.356 e.